The first-order chi connectivity index (χ1) is 10.8. The average Bonchev–Trinajstić information content (AvgIpc) is 3.26. The fourth-order valence-electron chi connectivity index (χ4n) is 4.35. The van der Waals surface area contributed by atoms with Crippen LogP contribution in [0.25, 0.3) is 32.3 Å². The molecule has 2 atom stereocenters. The molecule has 104 valence electrons. The SMILES string of the molecule is Cc1ccc2cc3c(ccc4ccccc43)c3c2c1C1OC31. The fraction of sp³-hybridized carbons (Fsp3) is 0.143. The van der Waals surface area contributed by atoms with Crippen LogP contribution in [0.1, 0.15) is 28.9 Å². The van der Waals surface area contributed by atoms with Crippen molar-refractivity contribution in [3.05, 3.63) is 71.3 Å². The first kappa shape index (κ1) is 11.2. The van der Waals surface area contributed by atoms with E-state index >= 15 is 0 Å². The summed E-state index contributed by atoms with van der Waals surface area (Å²) in [6.07, 6.45) is 0.583. The summed E-state index contributed by atoms with van der Waals surface area (Å²) in [5, 5.41) is 8.17. The van der Waals surface area contributed by atoms with Gasteiger partial charge in [0, 0.05) is 0 Å². The highest BCUT2D eigenvalue weighted by atomic mass is 16.6. The number of aryl methyl sites for hydroxylation is 1. The van der Waals surface area contributed by atoms with Gasteiger partial charge in [-0.05, 0) is 62.0 Å². The van der Waals surface area contributed by atoms with Gasteiger partial charge < -0.3 is 4.74 Å². The number of benzene rings is 4. The maximum atomic E-state index is 5.97. The van der Waals surface area contributed by atoms with Gasteiger partial charge in [0.1, 0.15) is 12.2 Å². The molecule has 1 fully saturated rings. The molecule has 0 bridgehead atoms. The molecule has 0 saturated carbocycles. The highest BCUT2D eigenvalue weighted by molar-refractivity contribution is 6.15. The Hall–Kier alpha value is -2.38. The molecular formula is C21H14O. The lowest BCUT2D eigenvalue weighted by Crippen LogP contribution is -1.90. The topological polar surface area (TPSA) is 12.5 Å². The van der Waals surface area contributed by atoms with Crippen LogP contribution in [-0.2, 0) is 4.74 Å². The molecule has 2 unspecified atom stereocenters. The van der Waals surface area contributed by atoms with E-state index in [1.807, 2.05) is 0 Å². The first-order valence-corrected chi connectivity index (χ1v) is 7.86. The van der Waals surface area contributed by atoms with Crippen LogP contribution in [0.4, 0.5) is 0 Å². The highest BCUT2D eigenvalue weighted by Gasteiger charge is 2.50. The number of fused-ring (bicyclic) bond motifs is 7. The summed E-state index contributed by atoms with van der Waals surface area (Å²) in [4.78, 5) is 0. The summed E-state index contributed by atoms with van der Waals surface area (Å²) < 4.78 is 5.97. The van der Waals surface area contributed by atoms with Crippen molar-refractivity contribution in [2.45, 2.75) is 19.1 Å². The van der Waals surface area contributed by atoms with E-state index in [1.54, 1.807) is 0 Å². The summed E-state index contributed by atoms with van der Waals surface area (Å²) >= 11 is 0. The molecule has 1 heterocycles. The Balaban J connectivity index is 1.92. The third kappa shape index (κ3) is 1.17. The van der Waals surface area contributed by atoms with Crippen molar-refractivity contribution in [2.24, 2.45) is 0 Å². The summed E-state index contributed by atoms with van der Waals surface area (Å²) in [7, 11) is 0. The van der Waals surface area contributed by atoms with E-state index in [0.29, 0.717) is 6.10 Å². The molecule has 22 heavy (non-hydrogen) atoms. The minimum absolute atomic E-state index is 0.281. The van der Waals surface area contributed by atoms with Crippen LogP contribution in [-0.4, -0.2) is 0 Å². The van der Waals surface area contributed by atoms with Crippen molar-refractivity contribution in [3.8, 4) is 0 Å². The third-order valence-corrected chi connectivity index (χ3v) is 5.39. The number of hydrogen-bond donors (Lipinski definition) is 0. The third-order valence-electron chi connectivity index (χ3n) is 5.39. The van der Waals surface area contributed by atoms with Crippen LogP contribution in [0.2, 0.25) is 0 Å². The Morgan fingerprint density at radius 2 is 1.55 bits per heavy atom. The molecule has 0 radical (unpaired) electrons. The number of hydrogen-bond acceptors (Lipinski definition) is 1. The van der Waals surface area contributed by atoms with Gasteiger partial charge in [0.05, 0.1) is 0 Å². The zero-order chi connectivity index (χ0) is 14.4. The molecule has 1 aliphatic carbocycles. The molecule has 1 saturated heterocycles. The van der Waals surface area contributed by atoms with E-state index in [9.17, 15) is 0 Å². The lowest BCUT2D eigenvalue weighted by molar-refractivity contribution is 0.375. The Morgan fingerprint density at radius 3 is 2.50 bits per heavy atom. The lowest BCUT2D eigenvalue weighted by Gasteiger charge is -2.13. The molecule has 1 heteroatoms. The van der Waals surface area contributed by atoms with Crippen molar-refractivity contribution in [2.75, 3.05) is 0 Å². The molecular weight excluding hydrogens is 268 g/mol. The lowest BCUT2D eigenvalue weighted by atomic mass is 9.93. The number of ether oxygens (including phenoxy) is 1. The maximum Gasteiger partial charge on any atom is 0.115 e. The molecule has 0 amide bonds. The van der Waals surface area contributed by atoms with Crippen molar-refractivity contribution in [3.63, 3.8) is 0 Å². The maximum absolute atomic E-state index is 5.97. The van der Waals surface area contributed by atoms with Gasteiger partial charge in [-0.25, -0.2) is 0 Å². The van der Waals surface area contributed by atoms with Crippen molar-refractivity contribution in [1.29, 1.82) is 0 Å². The zero-order valence-electron chi connectivity index (χ0n) is 12.3. The molecule has 0 aromatic heterocycles. The Morgan fingerprint density at radius 1 is 0.727 bits per heavy atom. The van der Waals surface area contributed by atoms with E-state index < -0.39 is 0 Å². The van der Waals surface area contributed by atoms with Gasteiger partial charge in [-0.3, -0.25) is 0 Å². The van der Waals surface area contributed by atoms with Crippen molar-refractivity contribution >= 4 is 32.3 Å². The minimum Gasteiger partial charge on any atom is -0.359 e. The summed E-state index contributed by atoms with van der Waals surface area (Å²) in [6.45, 7) is 2.20. The second-order valence-electron chi connectivity index (χ2n) is 6.54. The Bertz CT molecular complexity index is 1120. The normalized spacial score (nSPS) is 21.7. The molecule has 1 nitrogen and oxygen atoms in total. The van der Waals surface area contributed by atoms with E-state index in [0.717, 1.165) is 0 Å². The van der Waals surface area contributed by atoms with Gasteiger partial charge in [-0.1, -0.05) is 48.5 Å². The van der Waals surface area contributed by atoms with Crippen LogP contribution in [0.3, 0.4) is 0 Å². The molecule has 2 aliphatic rings. The van der Waals surface area contributed by atoms with Gasteiger partial charge in [0.2, 0.25) is 0 Å². The van der Waals surface area contributed by atoms with E-state index in [-0.39, 0.29) is 6.10 Å². The van der Waals surface area contributed by atoms with Crippen LogP contribution in [0, 0.1) is 6.92 Å². The van der Waals surface area contributed by atoms with Crippen LogP contribution < -0.4 is 0 Å². The Kier molecular flexibility index (Phi) is 1.79. The van der Waals surface area contributed by atoms with Gasteiger partial charge in [0.25, 0.3) is 0 Å². The van der Waals surface area contributed by atoms with E-state index in [4.69, 9.17) is 4.74 Å². The van der Waals surface area contributed by atoms with Gasteiger partial charge >= 0.3 is 0 Å². The predicted octanol–water partition coefficient (Wildman–Crippen LogP) is 5.58. The van der Waals surface area contributed by atoms with Crippen LogP contribution in [0.5, 0.6) is 0 Å². The van der Waals surface area contributed by atoms with Gasteiger partial charge in [-0.15, -0.1) is 0 Å². The zero-order valence-corrected chi connectivity index (χ0v) is 12.3. The molecule has 0 N–H and O–H groups in total. The second kappa shape index (κ2) is 3.50. The number of epoxide rings is 1. The minimum atomic E-state index is 0.281. The van der Waals surface area contributed by atoms with E-state index in [1.165, 1.54) is 49.0 Å². The monoisotopic (exact) mass is 282 g/mol. The largest absolute Gasteiger partial charge is 0.359 e. The first-order valence-electron chi connectivity index (χ1n) is 7.86. The van der Waals surface area contributed by atoms with Gasteiger partial charge in [-0.2, -0.15) is 0 Å². The Labute approximate surface area is 128 Å². The summed E-state index contributed by atoms with van der Waals surface area (Å²) in [6, 6.07) is 20.0. The highest BCUT2D eigenvalue weighted by Crippen LogP contribution is 2.62. The van der Waals surface area contributed by atoms with E-state index in [2.05, 4.69) is 61.5 Å². The number of rotatable bonds is 0. The van der Waals surface area contributed by atoms with Gasteiger partial charge in [0.15, 0.2) is 0 Å². The smallest absolute Gasteiger partial charge is 0.115 e. The molecule has 4 aromatic rings. The predicted molar refractivity (Wildman–Crippen MR) is 90.3 cm³/mol. The van der Waals surface area contributed by atoms with Crippen LogP contribution >= 0.6 is 0 Å². The average molecular weight is 282 g/mol. The molecule has 4 aromatic carbocycles. The van der Waals surface area contributed by atoms with Crippen molar-refractivity contribution in [1.82, 2.24) is 0 Å². The van der Waals surface area contributed by atoms with Crippen molar-refractivity contribution < 1.29 is 4.74 Å². The summed E-state index contributed by atoms with van der Waals surface area (Å²) in [5.41, 5.74) is 4.20. The van der Waals surface area contributed by atoms with Crippen LogP contribution in [0.15, 0.2) is 54.6 Å². The fourth-order valence-corrected chi connectivity index (χ4v) is 4.35. The molecule has 1 aliphatic heterocycles. The second-order valence-corrected chi connectivity index (χ2v) is 6.54. The molecule has 6 rings (SSSR count). The summed E-state index contributed by atoms with van der Waals surface area (Å²) in [5.74, 6) is 0. The quantitative estimate of drug-likeness (QED) is 0.233. The molecule has 0 spiro atoms. The standard InChI is InChI=1S/C21H14O/c1-11-6-7-13-10-16-14-5-3-2-4-12(14)8-9-15(16)19-18(13)17(11)20-21(19)22-20/h2-10,20-21H,1H3.